The minimum Gasteiger partial charge on any atom is -0.439 e. The fourth-order valence-corrected chi connectivity index (χ4v) is 2.89. The lowest BCUT2D eigenvalue weighted by Crippen LogP contribution is -2.24. The van der Waals surface area contributed by atoms with Gasteiger partial charge in [-0.15, -0.1) is 0 Å². The first-order chi connectivity index (χ1) is 11.5. The summed E-state index contributed by atoms with van der Waals surface area (Å²) in [6.45, 7) is 9.60. The fraction of sp³-hybridized carbons (Fsp3) is 0.286. The lowest BCUT2D eigenvalue weighted by molar-refractivity contribution is 0.146. The minimum atomic E-state index is -0.286. The Morgan fingerprint density at radius 2 is 1.83 bits per heavy atom. The van der Waals surface area contributed by atoms with Crippen molar-refractivity contribution in [1.29, 1.82) is 0 Å². The molecule has 0 aromatic heterocycles. The van der Waals surface area contributed by atoms with E-state index in [4.69, 9.17) is 4.74 Å². The molecule has 3 rings (SSSR count). The molecule has 1 fully saturated rings. The van der Waals surface area contributed by atoms with Crippen LogP contribution in [-0.4, -0.2) is 23.6 Å². The van der Waals surface area contributed by atoms with Crippen molar-refractivity contribution in [2.75, 3.05) is 6.54 Å². The van der Waals surface area contributed by atoms with E-state index in [1.54, 1.807) is 4.90 Å². The standard InChI is InChI=1S/C21H23NO2/c1-15(2)18-9-11-19(12-10-18)16(3)20-14-22(21(23)24-20)13-17-7-5-4-6-8-17/h4-12,15,20H,3,13-14H2,1-2H3. The van der Waals surface area contributed by atoms with Gasteiger partial charge in [0.25, 0.3) is 0 Å². The van der Waals surface area contributed by atoms with E-state index in [-0.39, 0.29) is 12.2 Å². The number of cyclic esters (lactones) is 1. The van der Waals surface area contributed by atoms with Gasteiger partial charge in [-0.05, 0) is 28.2 Å². The molecule has 124 valence electrons. The molecule has 1 heterocycles. The Morgan fingerprint density at radius 1 is 1.17 bits per heavy atom. The van der Waals surface area contributed by atoms with E-state index in [1.807, 2.05) is 30.3 Å². The molecule has 1 aliphatic heterocycles. The maximum absolute atomic E-state index is 12.1. The number of carbonyl (C=O) groups excluding carboxylic acids is 1. The number of carbonyl (C=O) groups is 1. The number of hydrogen-bond donors (Lipinski definition) is 0. The zero-order valence-corrected chi connectivity index (χ0v) is 14.2. The summed E-state index contributed by atoms with van der Waals surface area (Å²) in [4.78, 5) is 13.9. The van der Waals surface area contributed by atoms with Gasteiger partial charge in [-0.3, -0.25) is 4.90 Å². The van der Waals surface area contributed by atoms with Gasteiger partial charge < -0.3 is 4.74 Å². The van der Waals surface area contributed by atoms with E-state index in [9.17, 15) is 4.79 Å². The second kappa shape index (κ2) is 6.91. The molecule has 0 bridgehead atoms. The molecular weight excluding hydrogens is 298 g/mol. The summed E-state index contributed by atoms with van der Waals surface area (Å²) in [5.74, 6) is 0.498. The monoisotopic (exact) mass is 321 g/mol. The van der Waals surface area contributed by atoms with E-state index >= 15 is 0 Å². The predicted octanol–water partition coefficient (Wildman–Crippen LogP) is 4.84. The highest BCUT2D eigenvalue weighted by atomic mass is 16.6. The van der Waals surface area contributed by atoms with E-state index in [0.29, 0.717) is 19.0 Å². The van der Waals surface area contributed by atoms with Crippen LogP contribution in [0.3, 0.4) is 0 Å². The largest absolute Gasteiger partial charge is 0.439 e. The van der Waals surface area contributed by atoms with Crippen LogP contribution < -0.4 is 0 Å². The van der Waals surface area contributed by atoms with Crippen molar-refractivity contribution in [2.45, 2.75) is 32.4 Å². The summed E-state index contributed by atoms with van der Waals surface area (Å²) in [7, 11) is 0. The summed E-state index contributed by atoms with van der Waals surface area (Å²) < 4.78 is 5.53. The summed E-state index contributed by atoms with van der Waals surface area (Å²) in [5, 5.41) is 0. The Bertz CT molecular complexity index is 719. The summed E-state index contributed by atoms with van der Waals surface area (Å²) in [5.41, 5.74) is 4.27. The van der Waals surface area contributed by atoms with Crippen LogP contribution in [-0.2, 0) is 11.3 Å². The minimum absolute atomic E-state index is 0.274. The number of amides is 1. The Kier molecular flexibility index (Phi) is 4.70. The molecule has 1 atom stereocenters. The highest BCUT2D eigenvalue weighted by Gasteiger charge is 2.33. The van der Waals surface area contributed by atoms with Crippen molar-refractivity contribution < 1.29 is 9.53 Å². The molecular formula is C21H23NO2. The molecule has 1 unspecified atom stereocenters. The molecule has 0 radical (unpaired) electrons. The molecule has 1 saturated heterocycles. The Hall–Kier alpha value is -2.55. The lowest BCUT2D eigenvalue weighted by Gasteiger charge is -2.14. The summed E-state index contributed by atoms with van der Waals surface area (Å²) in [6.07, 6.45) is -0.560. The molecule has 0 aliphatic carbocycles. The fourth-order valence-electron chi connectivity index (χ4n) is 2.89. The van der Waals surface area contributed by atoms with Gasteiger partial charge in [0.05, 0.1) is 6.54 Å². The maximum atomic E-state index is 12.1. The molecule has 1 aliphatic rings. The van der Waals surface area contributed by atoms with Gasteiger partial charge in [0.15, 0.2) is 0 Å². The van der Waals surface area contributed by atoms with Gasteiger partial charge in [-0.2, -0.15) is 0 Å². The van der Waals surface area contributed by atoms with Gasteiger partial charge >= 0.3 is 6.09 Å². The summed E-state index contributed by atoms with van der Waals surface area (Å²) in [6, 6.07) is 18.3. The lowest BCUT2D eigenvalue weighted by atomic mass is 9.97. The Balaban J connectivity index is 1.67. The molecule has 2 aromatic carbocycles. The van der Waals surface area contributed by atoms with Crippen molar-refractivity contribution >= 4 is 11.7 Å². The van der Waals surface area contributed by atoms with Crippen molar-refractivity contribution in [3.05, 3.63) is 77.9 Å². The smallest absolute Gasteiger partial charge is 0.410 e. The number of benzene rings is 2. The second-order valence-corrected chi connectivity index (χ2v) is 6.54. The first-order valence-electron chi connectivity index (χ1n) is 8.33. The number of rotatable bonds is 5. The SMILES string of the molecule is C=C(c1ccc(C(C)C)cc1)C1CN(Cc2ccccc2)C(=O)O1. The second-order valence-electron chi connectivity index (χ2n) is 6.54. The number of hydrogen-bond acceptors (Lipinski definition) is 2. The highest BCUT2D eigenvalue weighted by Crippen LogP contribution is 2.27. The molecule has 3 heteroatoms. The van der Waals surface area contributed by atoms with Crippen LogP contribution in [0.1, 0.15) is 36.5 Å². The normalized spacial score (nSPS) is 17.2. The topological polar surface area (TPSA) is 29.5 Å². The van der Waals surface area contributed by atoms with Gasteiger partial charge in [-0.1, -0.05) is 75.0 Å². The molecule has 2 aromatic rings. The third-order valence-electron chi connectivity index (χ3n) is 4.44. The first-order valence-corrected chi connectivity index (χ1v) is 8.33. The average Bonchev–Trinajstić information content (AvgIpc) is 2.96. The van der Waals surface area contributed by atoms with Gasteiger partial charge in [0.1, 0.15) is 6.10 Å². The quantitative estimate of drug-likeness (QED) is 0.788. The molecule has 3 nitrogen and oxygen atoms in total. The third-order valence-corrected chi connectivity index (χ3v) is 4.44. The van der Waals surface area contributed by atoms with Crippen LogP contribution >= 0.6 is 0 Å². The van der Waals surface area contributed by atoms with Crippen LogP contribution in [0.2, 0.25) is 0 Å². The van der Waals surface area contributed by atoms with Crippen LogP contribution in [0.15, 0.2) is 61.2 Å². The van der Waals surface area contributed by atoms with E-state index in [0.717, 1.165) is 16.7 Å². The van der Waals surface area contributed by atoms with E-state index < -0.39 is 0 Å². The molecule has 1 amide bonds. The van der Waals surface area contributed by atoms with Crippen molar-refractivity contribution in [3.8, 4) is 0 Å². The van der Waals surface area contributed by atoms with Crippen LogP contribution in [0.5, 0.6) is 0 Å². The average molecular weight is 321 g/mol. The Morgan fingerprint density at radius 3 is 2.46 bits per heavy atom. The molecule has 0 spiro atoms. The summed E-state index contributed by atoms with van der Waals surface area (Å²) >= 11 is 0. The van der Waals surface area contributed by atoms with Crippen LogP contribution in [0, 0.1) is 0 Å². The maximum Gasteiger partial charge on any atom is 0.410 e. The van der Waals surface area contributed by atoms with Gasteiger partial charge in [0, 0.05) is 6.54 Å². The van der Waals surface area contributed by atoms with Gasteiger partial charge in [-0.25, -0.2) is 4.79 Å². The van der Waals surface area contributed by atoms with E-state index in [2.05, 4.69) is 44.7 Å². The van der Waals surface area contributed by atoms with Gasteiger partial charge in [0.2, 0.25) is 0 Å². The molecule has 0 saturated carbocycles. The van der Waals surface area contributed by atoms with Crippen molar-refractivity contribution in [3.63, 3.8) is 0 Å². The number of ether oxygens (including phenoxy) is 1. The van der Waals surface area contributed by atoms with Crippen molar-refractivity contribution in [2.24, 2.45) is 0 Å². The Labute approximate surface area is 143 Å². The third kappa shape index (κ3) is 3.51. The van der Waals surface area contributed by atoms with E-state index in [1.165, 1.54) is 5.56 Å². The number of nitrogens with zero attached hydrogens (tertiary/aromatic N) is 1. The zero-order valence-electron chi connectivity index (χ0n) is 14.2. The first kappa shape index (κ1) is 16.3. The van der Waals surface area contributed by atoms with Crippen molar-refractivity contribution in [1.82, 2.24) is 4.90 Å². The zero-order chi connectivity index (χ0) is 17.1. The molecule has 24 heavy (non-hydrogen) atoms. The van der Waals surface area contributed by atoms with Crippen LogP contribution in [0.4, 0.5) is 4.79 Å². The highest BCUT2D eigenvalue weighted by molar-refractivity contribution is 5.76. The molecule has 0 N–H and O–H groups in total. The predicted molar refractivity (Wildman–Crippen MR) is 96.7 cm³/mol. The van der Waals surface area contributed by atoms with Crippen LogP contribution in [0.25, 0.3) is 5.57 Å².